The van der Waals surface area contributed by atoms with Crippen molar-refractivity contribution in [3.63, 3.8) is 0 Å². The van der Waals surface area contributed by atoms with Crippen LogP contribution in [0.4, 0.5) is 5.69 Å². The highest BCUT2D eigenvalue weighted by Gasteiger charge is 2.18. The number of ether oxygens (including phenoxy) is 2. The number of hydrogen-bond acceptors (Lipinski definition) is 5. The van der Waals surface area contributed by atoms with Crippen molar-refractivity contribution in [1.29, 1.82) is 0 Å². The predicted molar refractivity (Wildman–Crippen MR) is 119 cm³/mol. The molecular weight excluding hydrogens is 392 g/mol. The van der Waals surface area contributed by atoms with E-state index < -0.39 is 0 Å². The van der Waals surface area contributed by atoms with E-state index >= 15 is 0 Å². The zero-order chi connectivity index (χ0) is 21.0. The molecule has 2 aliphatic heterocycles. The first-order valence-electron chi connectivity index (χ1n) is 10.5. The molecule has 5 rings (SSSR count). The van der Waals surface area contributed by atoms with Crippen molar-refractivity contribution in [3.05, 3.63) is 72.6 Å². The summed E-state index contributed by atoms with van der Waals surface area (Å²) in [6.45, 7) is 2.99. The first kappa shape index (κ1) is 19.4. The van der Waals surface area contributed by atoms with Crippen LogP contribution in [0.3, 0.4) is 0 Å². The molecule has 7 nitrogen and oxygen atoms in total. The number of para-hydroxylation sites is 1. The Bertz CT molecular complexity index is 1110. The molecule has 2 aromatic carbocycles. The number of amides is 1. The van der Waals surface area contributed by atoms with Gasteiger partial charge in [-0.1, -0.05) is 24.3 Å². The Morgan fingerprint density at radius 2 is 1.90 bits per heavy atom. The molecule has 0 fully saturated rings. The first-order chi connectivity index (χ1) is 15.2. The summed E-state index contributed by atoms with van der Waals surface area (Å²) in [6, 6.07) is 15.6. The number of hydrogen-bond donors (Lipinski definition) is 1. The monoisotopic (exact) mass is 416 g/mol. The van der Waals surface area contributed by atoms with E-state index in [1.807, 2.05) is 59.4 Å². The minimum atomic E-state index is -0.0366. The van der Waals surface area contributed by atoms with E-state index in [1.54, 1.807) is 0 Å². The number of anilines is 1. The van der Waals surface area contributed by atoms with E-state index in [-0.39, 0.29) is 5.91 Å². The van der Waals surface area contributed by atoms with Gasteiger partial charge in [0.1, 0.15) is 13.2 Å². The third kappa shape index (κ3) is 4.46. The quantitative estimate of drug-likeness (QED) is 0.691. The van der Waals surface area contributed by atoms with Crippen molar-refractivity contribution < 1.29 is 14.3 Å². The summed E-state index contributed by atoms with van der Waals surface area (Å²) in [4.78, 5) is 14.6. The number of carbonyl (C=O) groups excluding carboxylic acids is 1. The molecule has 3 aromatic rings. The van der Waals surface area contributed by atoms with Crippen molar-refractivity contribution in [2.45, 2.75) is 6.42 Å². The maximum Gasteiger partial charge on any atom is 0.238 e. The molecular formula is C24H24N4O3. The Morgan fingerprint density at radius 1 is 1.06 bits per heavy atom. The number of nitrogens with one attached hydrogen (secondary N) is 1. The summed E-state index contributed by atoms with van der Waals surface area (Å²) >= 11 is 0. The van der Waals surface area contributed by atoms with Crippen LogP contribution >= 0.6 is 0 Å². The zero-order valence-corrected chi connectivity index (χ0v) is 17.2. The maximum atomic E-state index is 12.5. The lowest BCUT2D eigenvalue weighted by Crippen LogP contribution is -2.36. The molecule has 1 N–H and O–H groups in total. The summed E-state index contributed by atoms with van der Waals surface area (Å²) in [5.41, 5.74) is 4.16. The van der Waals surface area contributed by atoms with Crippen molar-refractivity contribution in [1.82, 2.24) is 14.7 Å². The highest BCUT2D eigenvalue weighted by Crippen LogP contribution is 2.32. The van der Waals surface area contributed by atoms with Crippen LogP contribution in [0, 0.1) is 0 Å². The third-order valence-electron chi connectivity index (χ3n) is 5.46. The number of benzene rings is 2. The molecule has 7 heteroatoms. The second-order valence-electron chi connectivity index (χ2n) is 7.63. The second-order valence-corrected chi connectivity index (χ2v) is 7.63. The number of nitrogens with zero attached hydrogens (tertiary/aromatic N) is 3. The van der Waals surface area contributed by atoms with Crippen LogP contribution in [0.5, 0.6) is 11.5 Å². The molecule has 0 saturated carbocycles. The molecule has 1 amide bonds. The van der Waals surface area contributed by atoms with E-state index in [0.29, 0.717) is 31.3 Å². The van der Waals surface area contributed by atoms with Crippen LogP contribution in [0.15, 0.2) is 67.0 Å². The topological polar surface area (TPSA) is 68.6 Å². The highest BCUT2D eigenvalue weighted by molar-refractivity contribution is 5.92. The van der Waals surface area contributed by atoms with Crippen LogP contribution in [-0.2, 0) is 4.79 Å². The van der Waals surface area contributed by atoms with E-state index in [2.05, 4.69) is 27.6 Å². The van der Waals surface area contributed by atoms with Gasteiger partial charge in [-0.25, -0.2) is 4.68 Å². The van der Waals surface area contributed by atoms with Gasteiger partial charge in [-0.2, -0.15) is 5.10 Å². The SMILES string of the molecule is O=C(CN1CC=C(c2cnn(-c3ccccc3)c2)CC1)Nc1ccc2c(c1)OCCO2. The Labute approximate surface area is 180 Å². The van der Waals surface area contributed by atoms with Gasteiger partial charge in [0.2, 0.25) is 5.91 Å². The van der Waals surface area contributed by atoms with Gasteiger partial charge in [0.25, 0.3) is 0 Å². The molecule has 0 spiro atoms. The van der Waals surface area contributed by atoms with E-state index in [0.717, 1.165) is 36.4 Å². The molecule has 0 atom stereocenters. The van der Waals surface area contributed by atoms with Gasteiger partial charge < -0.3 is 14.8 Å². The summed E-state index contributed by atoms with van der Waals surface area (Å²) in [5.74, 6) is 1.35. The van der Waals surface area contributed by atoms with Crippen molar-refractivity contribution >= 4 is 17.2 Å². The zero-order valence-electron chi connectivity index (χ0n) is 17.2. The molecule has 0 saturated heterocycles. The molecule has 158 valence electrons. The minimum Gasteiger partial charge on any atom is -0.486 e. The third-order valence-corrected chi connectivity index (χ3v) is 5.46. The first-order valence-corrected chi connectivity index (χ1v) is 10.5. The molecule has 0 radical (unpaired) electrons. The summed E-state index contributed by atoms with van der Waals surface area (Å²) in [6.07, 6.45) is 7.04. The Hall–Kier alpha value is -3.58. The Kier molecular flexibility index (Phi) is 5.41. The number of aromatic nitrogens is 2. The van der Waals surface area contributed by atoms with Crippen LogP contribution in [0.2, 0.25) is 0 Å². The molecule has 31 heavy (non-hydrogen) atoms. The van der Waals surface area contributed by atoms with Crippen molar-refractivity contribution in [2.24, 2.45) is 0 Å². The van der Waals surface area contributed by atoms with Gasteiger partial charge in [-0.05, 0) is 36.3 Å². The van der Waals surface area contributed by atoms with E-state index in [9.17, 15) is 4.79 Å². The molecule has 0 unspecified atom stereocenters. The normalized spacial score (nSPS) is 15.9. The summed E-state index contributed by atoms with van der Waals surface area (Å²) < 4.78 is 13.0. The van der Waals surface area contributed by atoms with E-state index in [1.165, 1.54) is 5.57 Å². The molecule has 1 aromatic heterocycles. The van der Waals surface area contributed by atoms with Crippen LogP contribution in [0.1, 0.15) is 12.0 Å². The maximum absolute atomic E-state index is 12.5. The van der Waals surface area contributed by atoms with Gasteiger partial charge in [0.15, 0.2) is 11.5 Å². The van der Waals surface area contributed by atoms with E-state index in [4.69, 9.17) is 9.47 Å². The average Bonchev–Trinajstić information content (AvgIpc) is 3.30. The van der Waals surface area contributed by atoms with Gasteiger partial charge in [-0.15, -0.1) is 0 Å². The lowest BCUT2D eigenvalue weighted by atomic mass is 10.0. The largest absolute Gasteiger partial charge is 0.486 e. The smallest absolute Gasteiger partial charge is 0.238 e. The molecule has 3 heterocycles. The van der Waals surface area contributed by atoms with Crippen molar-refractivity contribution in [3.8, 4) is 17.2 Å². The molecule has 0 aliphatic carbocycles. The second kappa shape index (κ2) is 8.65. The fraction of sp³-hybridized carbons (Fsp3) is 0.250. The summed E-state index contributed by atoms with van der Waals surface area (Å²) in [7, 11) is 0. The van der Waals surface area contributed by atoms with Gasteiger partial charge >= 0.3 is 0 Å². The standard InChI is InChI=1S/C24H24N4O3/c29-24(26-20-6-7-22-23(14-20)31-13-12-30-22)17-27-10-8-18(9-11-27)19-15-25-28(16-19)21-4-2-1-3-5-21/h1-8,14-16H,9-13,17H2,(H,26,29). The Balaban J connectivity index is 1.17. The predicted octanol–water partition coefficient (Wildman–Crippen LogP) is 3.37. The van der Waals surface area contributed by atoms with Gasteiger partial charge in [-0.3, -0.25) is 9.69 Å². The number of carbonyl (C=O) groups is 1. The van der Waals surface area contributed by atoms with Crippen LogP contribution < -0.4 is 14.8 Å². The van der Waals surface area contributed by atoms with Crippen LogP contribution in [0.25, 0.3) is 11.3 Å². The lowest BCUT2D eigenvalue weighted by molar-refractivity contribution is -0.117. The Morgan fingerprint density at radius 3 is 2.71 bits per heavy atom. The molecule has 0 bridgehead atoms. The molecule has 2 aliphatic rings. The minimum absolute atomic E-state index is 0.0366. The highest BCUT2D eigenvalue weighted by atomic mass is 16.6. The fourth-order valence-electron chi connectivity index (χ4n) is 3.85. The average molecular weight is 416 g/mol. The number of fused-ring (bicyclic) bond motifs is 1. The van der Waals surface area contributed by atoms with Gasteiger partial charge in [0, 0.05) is 36.6 Å². The fourth-order valence-corrected chi connectivity index (χ4v) is 3.85. The summed E-state index contributed by atoms with van der Waals surface area (Å²) in [5, 5.41) is 7.44. The van der Waals surface area contributed by atoms with Crippen molar-refractivity contribution in [2.75, 3.05) is 38.2 Å². The lowest BCUT2D eigenvalue weighted by Gasteiger charge is -2.25. The van der Waals surface area contributed by atoms with Gasteiger partial charge in [0.05, 0.1) is 18.4 Å². The number of rotatable bonds is 5. The van der Waals surface area contributed by atoms with Crippen LogP contribution in [-0.4, -0.2) is 53.4 Å².